The van der Waals surface area contributed by atoms with Crippen LogP contribution in [0.4, 0.5) is 0 Å². The van der Waals surface area contributed by atoms with Crippen LogP contribution < -0.4 is 5.73 Å². The molecule has 0 radical (unpaired) electrons. The van der Waals surface area contributed by atoms with Gasteiger partial charge in [0.25, 0.3) is 0 Å². The van der Waals surface area contributed by atoms with Gasteiger partial charge >= 0.3 is 7.25 Å². The van der Waals surface area contributed by atoms with E-state index in [1.165, 1.54) is 4.81 Å². The van der Waals surface area contributed by atoms with Crippen molar-refractivity contribution < 1.29 is 14.8 Å². The number of nitrogens with two attached hydrogens (primary N) is 1. The lowest BCUT2D eigenvalue weighted by molar-refractivity contribution is -0.121. The monoisotopic (exact) mass is 172 g/mol. The largest absolute Gasteiger partial charge is 0.552 e. The number of ketones is 1. The lowest BCUT2D eigenvalue weighted by Gasteiger charge is -2.21. The summed E-state index contributed by atoms with van der Waals surface area (Å²) < 4.78 is 0. The number of hydrogen-bond donors (Lipinski definition) is 3. The van der Waals surface area contributed by atoms with E-state index in [0.717, 1.165) is 6.42 Å². The van der Waals surface area contributed by atoms with Crippen LogP contribution in [0.3, 0.4) is 0 Å². The molecule has 0 aromatic carbocycles. The van der Waals surface area contributed by atoms with Gasteiger partial charge in [0, 0.05) is 0 Å². The summed E-state index contributed by atoms with van der Waals surface area (Å²) in [6.45, 7) is 0.516. The van der Waals surface area contributed by atoms with Gasteiger partial charge < -0.3 is 15.8 Å². The maximum atomic E-state index is 11.1. The lowest BCUT2D eigenvalue weighted by atomic mass is 10.0. The van der Waals surface area contributed by atoms with Crippen molar-refractivity contribution in [2.24, 2.45) is 5.73 Å². The Morgan fingerprint density at radius 3 is 2.83 bits per heavy atom. The molecule has 0 aliphatic carbocycles. The first-order valence-corrected chi connectivity index (χ1v) is 4.01. The lowest BCUT2D eigenvalue weighted by Crippen LogP contribution is -2.48. The Kier molecular flexibility index (Phi) is 3.22. The molecule has 0 bridgehead atoms. The van der Waals surface area contributed by atoms with Gasteiger partial charge in [0.15, 0.2) is 5.78 Å². The summed E-state index contributed by atoms with van der Waals surface area (Å²) >= 11 is 0. The Hall–Kier alpha value is -0.425. The van der Waals surface area contributed by atoms with E-state index in [1.54, 1.807) is 0 Å². The highest BCUT2D eigenvalue weighted by atomic mass is 16.4. The predicted molar refractivity (Wildman–Crippen MR) is 44.0 cm³/mol. The zero-order chi connectivity index (χ0) is 9.14. The summed E-state index contributed by atoms with van der Waals surface area (Å²) in [6.07, 6.45) is 1.49. The molecule has 0 saturated carbocycles. The highest BCUT2D eigenvalue weighted by molar-refractivity contribution is 6.38. The second-order valence-corrected chi connectivity index (χ2v) is 2.91. The molecule has 1 fully saturated rings. The average molecular weight is 172 g/mol. The summed E-state index contributed by atoms with van der Waals surface area (Å²) in [6, 6.07) is -0.394. The van der Waals surface area contributed by atoms with E-state index >= 15 is 0 Å². The van der Waals surface area contributed by atoms with E-state index < -0.39 is 13.3 Å². The first kappa shape index (κ1) is 9.66. The first-order chi connectivity index (χ1) is 5.66. The molecule has 1 heterocycles. The average Bonchev–Trinajstić information content (AvgIpc) is 2.50. The van der Waals surface area contributed by atoms with Crippen molar-refractivity contribution in [1.82, 2.24) is 4.81 Å². The number of rotatable bonds is 3. The van der Waals surface area contributed by atoms with E-state index in [2.05, 4.69) is 0 Å². The molecule has 0 spiro atoms. The number of hydrogen-bond acceptors (Lipinski definition) is 5. The highest BCUT2D eigenvalue weighted by Gasteiger charge is 2.36. The molecule has 5 nitrogen and oxygen atoms in total. The molecule has 1 atom stereocenters. The topological polar surface area (TPSA) is 86.8 Å². The van der Waals surface area contributed by atoms with Gasteiger partial charge in [-0.2, -0.15) is 0 Å². The molecule has 0 aromatic heterocycles. The van der Waals surface area contributed by atoms with E-state index in [4.69, 9.17) is 15.8 Å². The molecule has 1 aliphatic rings. The molecule has 12 heavy (non-hydrogen) atoms. The Labute approximate surface area is 71.3 Å². The van der Waals surface area contributed by atoms with Gasteiger partial charge in [0.1, 0.15) is 0 Å². The quantitative estimate of drug-likeness (QED) is 0.426. The Morgan fingerprint density at radius 2 is 2.33 bits per heavy atom. The van der Waals surface area contributed by atoms with Crippen molar-refractivity contribution in [3.63, 3.8) is 0 Å². The SMILES string of the molecule is NCC(=O)C1CCCN1B(O)O. The Balaban J connectivity index is 2.57. The van der Waals surface area contributed by atoms with Crippen LogP contribution in [-0.4, -0.2) is 47.0 Å². The molecular formula is C6H13BN2O3. The third kappa shape index (κ3) is 1.84. The maximum Gasteiger partial charge on any atom is 0.552 e. The standard InChI is InChI=1S/C6H13BN2O3/c8-4-6(10)5-2-1-3-9(5)7(11)12/h5,11-12H,1-4,8H2. The summed E-state index contributed by atoms with van der Waals surface area (Å²) in [5, 5.41) is 17.7. The predicted octanol–water partition coefficient (Wildman–Crippen LogP) is -2.05. The Morgan fingerprint density at radius 1 is 1.67 bits per heavy atom. The van der Waals surface area contributed by atoms with Crippen LogP contribution >= 0.6 is 0 Å². The summed E-state index contributed by atoms with van der Waals surface area (Å²) in [5.41, 5.74) is 5.17. The van der Waals surface area contributed by atoms with Crippen molar-refractivity contribution in [3.8, 4) is 0 Å². The van der Waals surface area contributed by atoms with Crippen molar-refractivity contribution >= 4 is 13.0 Å². The van der Waals surface area contributed by atoms with Gasteiger partial charge in [-0.3, -0.25) is 9.61 Å². The fourth-order valence-corrected chi connectivity index (χ4v) is 1.55. The van der Waals surface area contributed by atoms with Gasteiger partial charge in [-0.15, -0.1) is 0 Å². The minimum atomic E-state index is -1.53. The molecule has 4 N–H and O–H groups in total. The van der Waals surface area contributed by atoms with Gasteiger partial charge in [-0.1, -0.05) is 0 Å². The summed E-state index contributed by atoms with van der Waals surface area (Å²) in [4.78, 5) is 12.5. The van der Waals surface area contributed by atoms with Gasteiger partial charge in [0.05, 0.1) is 12.6 Å². The molecule has 1 rings (SSSR count). The minimum Gasteiger partial charge on any atom is -0.413 e. The summed E-state index contributed by atoms with van der Waals surface area (Å²) in [7, 11) is -1.53. The van der Waals surface area contributed by atoms with E-state index in [0.29, 0.717) is 13.0 Å². The maximum absolute atomic E-state index is 11.1. The van der Waals surface area contributed by atoms with Gasteiger partial charge in [0.2, 0.25) is 0 Å². The fraction of sp³-hybridized carbons (Fsp3) is 0.833. The van der Waals surface area contributed by atoms with Gasteiger partial charge in [-0.25, -0.2) is 0 Å². The van der Waals surface area contributed by atoms with Crippen molar-refractivity contribution in [3.05, 3.63) is 0 Å². The van der Waals surface area contributed by atoms with Crippen LogP contribution in [-0.2, 0) is 4.79 Å². The third-order valence-electron chi connectivity index (χ3n) is 2.16. The van der Waals surface area contributed by atoms with E-state index in [-0.39, 0.29) is 12.3 Å². The molecule has 68 valence electrons. The molecule has 1 aliphatic heterocycles. The Bertz CT molecular complexity index is 176. The number of nitrogens with zero attached hydrogens (tertiary/aromatic N) is 1. The number of carbonyl (C=O) groups excluding carboxylic acids is 1. The minimum absolute atomic E-state index is 0.0338. The zero-order valence-electron chi connectivity index (χ0n) is 6.81. The van der Waals surface area contributed by atoms with Crippen LogP contribution in [0, 0.1) is 0 Å². The number of carbonyl (C=O) groups is 1. The fourth-order valence-electron chi connectivity index (χ4n) is 1.55. The molecule has 1 saturated heterocycles. The van der Waals surface area contributed by atoms with Gasteiger partial charge in [-0.05, 0) is 19.4 Å². The van der Waals surface area contributed by atoms with Crippen LogP contribution in [0.25, 0.3) is 0 Å². The molecular weight excluding hydrogens is 159 g/mol. The summed E-state index contributed by atoms with van der Waals surface area (Å²) in [5.74, 6) is -0.124. The molecule has 0 amide bonds. The first-order valence-electron chi connectivity index (χ1n) is 4.01. The molecule has 0 aromatic rings. The second-order valence-electron chi connectivity index (χ2n) is 2.91. The van der Waals surface area contributed by atoms with Crippen LogP contribution in [0.2, 0.25) is 0 Å². The van der Waals surface area contributed by atoms with Crippen LogP contribution in [0.5, 0.6) is 0 Å². The van der Waals surface area contributed by atoms with E-state index in [1.807, 2.05) is 0 Å². The second kappa shape index (κ2) is 4.00. The smallest absolute Gasteiger partial charge is 0.413 e. The van der Waals surface area contributed by atoms with E-state index in [9.17, 15) is 4.79 Å². The van der Waals surface area contributed by atoms with Crippen LogP contribution in [0.15, 0.2) is 0 Å². The van der Waals surface area contributed by atoms with Crippen molar-refractivity contribution in [1.29, 1.82) is 0 Å². The zero-order valence-corrected chi connectivity index (χ0v) is 6.81. The van der Waals surface area contributed by atoms with Crippen LogP contribution in [0.1, 0.15) is 12.8 Å². The highest BCUT2D eigenvalue weighted by Crippen LogP contribution is 2.17. The number of Topliss-reactive ketones (excluding diaryl/α,β-unsaturated/α-hetero) is 1. The van der Waals surface area contributed by atoms with Crippen molar-refractivity contribution in [2.45, 2.75) is 18.9 Å². The molecule has 1 unspecified atom stereocenters. The molecule has 6 heteroatoms. The third-order valence-corrected chi connectivity index (χ3v) is 2.16. The van der Waals surface area contributed by atoms with Crippen molar-refractivity contribution in [2.75, 3.05) is 13.1 Å². The normalized spacial score (nSPS) is 24.4.